The van der Waals surface area contributed by atoms with Gasteiger partial charge in [-0.15, -0.1) is 11.3 Å². The maximum absolute atomic E-state index is 11.3. The summed E-state index contributed by atoms with van der Waals surface area (Å²) in [5, 5.41) is 1.92. The predicted molar refractivity (Wildman–Crippen MR) is 58.4 cm³/mol. The van der Waals surface area contributed by atoms with Crippen molar-refractivity contribution in [1.29, 1.82) is 0 Å². The van der Waals surface area contributed by atoms with E-state index >= 15 is 0 Å². The van der Waals surface area contributed by atoms with Crippen molar-refractivity contribution in [3.8, 4) is 0 Å². The summed E-state index contributed by atoms with van der Waals surface area (Å²) in [4.78, 5) is 26.4. The number of ether oxygens (including phenoxy) is 2. The van der Waals surface area contributed by atoms with Gasteiger partial charge in [0.2, 0.25) is 5.01 Å². The lowest BCUT2D eigenvalue weighted by Gasteiger charge is -1.98. The van der Waals surface area contributed by atoms with Crippen LogP contribution in [0.3, 0.4) is 0 Å². The van der Waals surface area contributed by atoms with Crippen LogP contribution in [0.5, 0.6) is 0 Å². The van der Waals surface area contributed by atoms with Gasteiger partial charge in [0.1, 0.15) is 0 Å². The minimum absolute atomic E-state index is 0.0870. The number of hydrogen-bond acceptors (Lipinski definition) is 6. The minimum atomic E-state index is -0.456. The molecule has 0 amide bonds. The van der Waals surface area contributed by atoms with Crippen LogP contribution in [0.2, 0.25) is 0 Å². The molecule has 0 atom stereocenters. The van der Waals surface area contributed by atoms with Gasteiger partial charge in [0.25, 0.3) is 0 Å². The van der Waals surface area contributed by atoms with E-state index < -0.39 is 5.97 Å². The van der Waals surface area contributed by atoms with E-state index in [0.717, 1.165) is 11.3 Å². The van der Waals surface area contributed by atoms with Crippen molar-refractivity contribution in [1.82, 2.24) is 4.98 Å². The second-order valence-electron chi connectivity index (χ2n) is 2.85. The fourth-order valence-electron chi connectivity index (χ4n) is 1.03. The van der Waals surface area contributed by atoms with Crippen LogP contribution in [0.4, 0.5) is 0 Å². The van der Waals surface area contributed by atoms with Gasteiger partial charge in [-0.05, 0) is 13.8 Å². The highest BCUT2D eigenvalue weighted by Gasteiger charge is 2.14. The number of aromatic nitrogens is 1. The molecule has 0 aliphatic carbocycles. The lowest BCUT2D eigenvalue weighted by molar-refractivity contribution is -0.142. The number of hydrogen-bond donors (Lipinski definition) is 0. The molecule has 0 saturated heterocycles. The Kier molecular flexibility index (Phi) is 4.91. The van der Waals surface area contributed by atoms with E-state index in [9.17, 15) is 9.59 Å². The molecule has 1 aromatic heterocycles. The van der Waals surface area contributed by atoms with E-state index in [4.69, 9.17) is 9.47 Å². The van der Waals surface area contributed by atoms with Crippen molar-refractivity contribution in [3.05, 3.63) is 16.1 Å². The zero-order valence-corrected chi connectivity index (χ0v) is 10.0. The van der Waals surface area contributed by atoms with Crippen LogP contribution in [-0.4, -0.2) is 30.1 Å². The summed E-state index contributed by atoms with van der Waals surface area (Å²) in [7, 11) is 0. The molecule has 5 nitrogen and oxygen atoms in total. The van der Waals surface area contributed by atoms with Crippen molar-refractivity contribution in [2.75, 3.05) is 13.2 Å². The Bertz CT molecular complexity index is 375. The first-order valence-corrected chi connectivity index (χ1v) is 5.82. The molecule has 16 heavy (non-hydrogen) atoms. The smallest absolute Gasteiger partial charge is 0.367 e. The highest BCUT2D eigenvalue weighted by Crippen LogP contribution is 2.12. The topological polar surface area (TPSA) is 65.5 Å². The van der Waals surface area contributed by atoms with Gasteiger partial charge in [0, 0.05) is 5.38 Å². The van der Waals surface area contributed by atoms with Crippen molar-refractivity contribution < 1.29 is 19.1 Å². The summed E-state index contributed by atoms with van der Waals surface area (Å²) in [5.41, 5.74) is 0.534. The van der Waals surface area contributed by atoms with Crippen molar-refractivity contribution >= 4 is 23.3 Å². The summed E-state index contributed by atoms with van der Waals surface area (Å²) in [5.74, 6) is -0.800. The van der Waals surface area contributed by atoms with E-state index in [1.807, 2.05) is 0 Å². The molecule has 0 aromatic carbocycles. The molecule has 0 bridgehead atoms. The number of carbonyl (C=O) groups is 2. The Labute approximate surface area is 97.4 Å². The normalized spacial score (nSPS) is 9.88. The number of esters is 2. The first-order valence-electron chi connectivity index (χ1n) is 4.94. The maximum atomic E-state index is 11.3. The molecular formula is C10H13NO4S. The Morgan fingerprint density at radius 1 is 1.31 bits per heavy atom. The SMILES string of the molecule is CCOC(=O)Cc1csc(C(=O)OCC)n1. The van der Waals surface area contributed by atoms with Crippen molar-refractivity contribution in [2.45, 2.75) is 20.3 Å². The molecule has 0 spiro atoms. The highest BCUT2D eigenvalue weighted by atomic mass is 32.1. The molecule has 0 unspecified atom stereocenters. The average Bonchev–Trinajstić information content (AvgIpc) is 2.67. The lowest BCUT2D eigenvalue weighted by atomic mass is 10.3. The monoisotopic (exact) mass is 243 g/mol. The third-order valence-corrected chi connectivity index (χ3v) is 2.50. The molecule has 0 fully saturated rings. The molecule has 1 heterocycles. The Hall–Kier alpha value is -1.43. The Balaban J connectivity index is 2.57. The van der Waals surface area contributed by atoms with Gasteiger partial charge in [0.15, 0.2) is 0 Å². The zero-order chi connectivity index (χ0) is 12.0. The standard InChI is InChI=1S/C10H13NO4S/c1-3-14-8(12)5-7-6-16-9(11-7)10(13)15-4-2/h6H,3-5H2,1-2H3. The molecule has 0 aliphatic heterocycles. The quantitative estimate of drug-likeness (QED) is 0.732. The minimum Gasteiger partial charge on any atom is -0.466 e. The van der Waals surface area contributed by atoms with Gasteiger partial charge in [-0.25, -0.2) is 9.78 Å². The first kappa shape index (κ1) is 12.6. The third kappa shape index (κ3) is 3.62. The third-order valence-electron chi connectivity index (χ3n) is 1.63. The zero-order valence-electron chi connectivity index (χ0n) is 9.19. The van der Waals surface area contributed by atoms with Gasteiger partial charge >= 0.3 is 11.9 Å². The summed E-state index contributed by atoms with van der Waals surface area (Å²) in [6, 6.07) is 0. The average molecular weight is 243 g/mol. The molecular weight excluding hydrogens is 230 g/mol. The molecule has 0 radical (unpaired) electrons. The van der Waals surface area contributed by atoms with Crippen LogP contribution in [0, 0.1) is 0 Å². The van der Waals surface area contributed by atoms with Gasteiger partial charge in [-0.3, -0.25) is 4.79 Å². The molecule has 6 heteroatoms. The predicted octanol–water partition coefficient (Wildman–Crippen LogP) is 1.43. The van der Waals surface area contributed by atoms with Gasteiger partial charge in [0.05, 0.1) is 25.3 Å². The number of thiazole rings is 1. The van der Waals surface area contributed by atoms with Crippen LogP contribution in [-0.2, 0) is 20.7 Å². The molecule has 0 aliphatic rings. The number of carbonyl (C=O) groups excluding carboxylic acids is 2. The molecule has 0 N–H and O–H groups in total. The summed E-state index contributed by atoms with van der Waals surface area (Å²) in [6.45, 7) is 4.12. The number of nitrogens with zero attached hydrogens (tertiary/aromatic N) is 1. The summed E-state index contributed by atoms with van der Waals surface area (Å²) in [6.07, 6.45) is 0.0870. The largest absolute Gasteiger partial charge is 0.466 e. The fourth-order valence-corrected chi connectivity index (χ4v) is 1.74. The summed E-state index contributed by atoms with van der Waals surface area (Å²) < 4.78 is 9.56. The van der Waals surface area contributed by atoms with Crippen LogP contribution in [0.25, 0.3) is 0 Å². The van der Waals surface area contributed by atoms with E-state index in [2.05, 4.69) is 4.98 Å². The van der Waals surface area contributed by atoms with Gasteiger partial charge in [-0.1, -0.05) is 0 Å². The van der Waals surface area contributed by atoms with Crippen LogP contribution >= 0.6 is 11.3 Å². The van der Waals surface area contributed by atoms with E-state index in [1.54, 1.807) is 19.2 Å². The summed E-state index contributed by atoms with van der Waals surface area (Å²) >= 11 is 1.16. The van der Waals surface area contributed by atoms with Crippen molar-refractivity contribution in [3.63, 3.8) is 0 Å². The maximum Gasteiger partial charge on any atom is 0.367 e. The number of rotatable bonds is 5. The first-order chi connectivity index (χ1) is 7.67. The second-order valence-corrected chi connectivity index (χ2v) is 3.70. The van der Waals surface area contributed by atoms with Crippen LogP contribution in [0.1, 0.15) is 29.3 Å². The Morgan fingerprint density at radius 2 is 2.00 bits per heavy atom. The van der Waals surface area contributed by atoms with E-state index in [1.165, 1.54) is 0 Å². The second kappa shape index (κ2) is 6.22. The van der Waals surface area contributed by atoms with Gasteiger partial charge in [-0.2, -0.15) is 0 Å². The fraction of sp³-hybridized carbons (Fsp3) is 0.500. The lowest BCUT2D eigenvalue weighted by Crippen LogP contribution is -2.09. The van der Waals surface area contributed by atoms with Crippen LogP contribution < -0.4 is 0 Å². The highest BCUT2D eigenvalue weighted by molar-refractivity contribution is 7.11. The Morgan fingerprint density at radius 3 is 2.62 bits per heavy atom. The van der Waals surface area contributed by atoms with E-state index in [-0.39, 0.29) is 17.4 Å². The van der Waals surface area contributed by atoms with Crippen LogP contribution in [0.15, 0.2) is 5.38 Å². The molecule has 1 aromatic rings. The van der Waals surface area contributed by atoms with Crippen molar-refractivity contribution in [2.24, 2.45) is 0 Å². The van der Waals surface area contributed by atoms with Gasteiger partial charge < -0.3 is 9.47 Å². The molecule has 88 valence electrons. The van der Waals surface area contributed by atoms with E-state index in [0.29, 0.717) is 18.9 Å². The molecule has 0 saturated carbocycles. The molecule has 1 rings (SSSR count).